The summed E-state index contributed by atoms with van der Waals surface area (Å²) in [4.78, 5) is 0. The molecular weight excluding hydrogens is 504 g/mol. The molecule has 0 nitrogen and oxygen atoms in total. The van der Waals surface area contributed by atoms with Gasteiger partial charge in [0.05, 0.1) is 0 Å². The van der Waals surface area contributed by atoms with Crippen LogP contribution in [-0.2, 0) is 0 Å². The van der Waals surface area contributed by atoms with E-state index in [2.05, 4.69) is 170 Å². The van der Waals surface area contributed by atoms with Crippen LogP contribution in [0.3, 0.4) is 0 Å². The zero-order chi connectivity index (χ0) is 27.9. The molecule has 0 amide bonds. The predicted molar refractivity (Wildman–Crippen MR) is 180 cm³/mol. The third-order valence-electron chi connectivity index (χ3n) is 8.24. The molecule has 0 N–H and O–H groups in total. The van der Waals surface area contributed by atoms with Crippen molar-refractivity contribution in [3.63, 3.8) is 0 Å². The molecule has 0 atom stereocenters. The molecule has 0 aliphatic rings. The molecule has 0 aromatic heterocycles. The molecule has 194 valence electrons. The molecule has 0 spiro atoms. The van der Waals surface area contributed by atoms with Crippen LogP contribution in [0.15, 0.2) is 158 Å². The lowest BCUT2D eigenvalue weighted by atomic mass is 9.91. The van der Waals surface area contributed by atoms with E-state index in [-0.39, 0.29) is 0 Å². The van der Waals surface area contributed by atoms with Crippen molar-refractivity contribution < 1.29 is 0 Å². The molecule has 0 unspecified atom stereocenters. The zero-order valence-corrected chi connectivity index (χ0v) is 23.0. The van der Waals surface area contributed by atoms with E-state index in [0.29, 0.717) is 0 Å². The first-order chi connectivity index (χ1) is 20.8. The molecule has 0 saturated heterocycles. The number of hydrogen-bond acceptors (Lipinski definition) is 0. The maximum absolute atomic E-state index is 3.38. The van der Waals surface area contributed by atoms with Crippen molar-refractivity contribution >= 4 is 43.1 Å². The SMILES string of the molecule is C(#Cc1ccc(-c2c3ccccc3cc3ccccc23)cc1)c1ccc(-c2c3ccccc3cc3ccccc23)cc1. The maximum Gasteiger partial charge on any atom is 0.0249 e. The summed E-state index contributed by atoms with van der Waals surface area (Å²) in [5, 5.41) is 10.1. The second-order valence-corrected chi connectivity index (χ2v) is 10.8. The Morgan fingerprint density at radius 3 is 0.881 bits per heavy atom. The smallest absolute Gasteiger partial charge is 0.0249 e. The van der Waals surface area contributed by atoms with E-state index in [1.807, 2.05) is 0 Å². The van der Waals surface area contributed by atoms with Crippen molar-refractivity contribution in [3.8, 4) is 34.1 Å². The molecule has 8 aromatic rings. The van der Waals surface area contributed by atoms with Gasteiger partial charge in [0.2, 0.25) is 0 Å². The van der Waals surface area contributed by atoms with Crippen LogP contribution in [0.1, 0.15) is 11.1 Å². The lowest BCUT2D eigenvalue weighted by Crippen LogP contribution is -1.86. The zero-order valence-electron chi connectivity index (χ0n) is 23.0. The summed E-state index contributed by atoms with van der Waals surface area (Å²) in [5.74, 6) is 6.76. The highest BCUT2D eigenvalue weighted by atomic mass is 14.1. The van der Waals surface area contributed by atoms with Gasteiger partial charge in [0.25, 0.3) is 0 Å². The first-order valence-corrected chi connectivity index (χ1v) is 14.4. The molecule has 0 radical (unpaired) electrons. The van der Waals surface area contributed by atoms with E-state index < -0.39 is 0 Å². The minimum Gasteiger partial charge on any atom is -0.0617 e. The van der Waals surface area contributed by atoms with E-state index >= 15 is 0 Å². The highest BCUT2D eigenvalue weighted by Gasteiger charge is 2.11. The van der Waals surface area contributed by atoms with Crippen LogP contribution in [0, 0.1) is 11.8 Å². The molecule has 0 saturated carbocycles. The summed E-state index contributed by atoms with van der Waals surface area (Å²) >= 11 is 0. The molecule has 8 aromatic carbocycles. The number of rotatable bonds is 2. The standard InChI is InChI=1S/C42H26/c1-5-13-37-33(9-1)27-34-10-2-6-14-38(34)41(37)31-23-19-29(20-24-31)17-18-30-21-25-32(26-22-30)42-39-15-7-3-11-35(39)28-36-12-4-8-16-40(36)42/h1-16,19-28H. The Kier molecular flexibility index (Phi) is 5.80. The molecule has 0 bridgehead atoms. The summed E-state index contributed by atoms with van der Waals surface area (Å²) in [6.07, 6.45) is 0. The van der Waals surface area contributed by atoms with Crippen molar-refractivity contribution in [2.45, 2.75) is 0 Å². The third-order valence-corrected chi connectivity index (χ3v) is 8.24. The molecule has 42 heavy (non-hydrogen) atoms. The van der Waals surface area contributed by atoms with Gasteiger partial charge in [-0.15, -0.1) is 0 Å². The van der Waals surface area contributed by atoms with Crippen LogP contribution in [0.2, 0.25) is 0 Å². The predicted octanol–water partition coefficient (Wildman–Crippen LogP) is 11.0. The highest BCUT2D eigenvalue weighted by Crippen LogP contribution is 2.37. The van der Waals surface area contributed by atoms with Crippen LogP contribution in [-0.4, -0.2) is 0 Å². The molecule has 8 rings (SSSR count). The fourth-order valence-electron chi connectivity index (χ4n) is 6.23. The van der Waals surface area contributed by atoms with Crippen molar-refractivity contribution in [1.29, 1.82) is 0 Å². The van der Waals surface area contributed by atoms with Crippen molar-refractivity contribution in [2.24, 2.45) is 0 Å². The Balaban J connectivity index is 1.13. The first-order valence-electron chi connectivity index (χ1n) is 14.4. The van der Waals surface area contributed by atoms with Gasteiger partial charge in [-0.2, -0.15) is 0 Å². The van der Waals surface area contributed by atoms with Crippen LogP contribution in [0.25, 0.3) is 65.3 Å². The van der Waals surface area contributed by atoms with Gasteiger partial charge < -0.3 is 0 Å². The first kappa shape index (κ1) is 24.2. The van der Waals surface area contributed by atoms with Crippen LogP contribution in [0.5, 0.6) is 0 Å². The minimum atomic E-state index is 1.01. The topological polar surface area (TPSA) is 0 Å². The van der Waals surface area contributed by atoms with E-state index in [4.69, 9.17) is 0 Å². The molecule has 0 heteroatoms. The molecule has 0 fully saturated rings. The van der Waals surface area contributed by atoms with Crippen molar-refractivity contribution in [2.75, 3.05) is 0 Å². The van der Waals surface area contributed by atoms with Crippen LogP contribution < -0.4 is 0 Å². The van der Waals surface area contributed by atoms with Gasteiger partial charge in [0.1, 0.15) is 0 Å². The summed E-state index contributed by atoms with van der Waals surface area (Å²) in [7, 11) is 0. The molecule has 0 aliphatic carbocycles. The van der Waals surface area contributed by atoms with E-state index in [9.17, 15) is 0 Å². The van der Waals surface area contributed by atoms with Gasteiger partial charge in [-0.1, -0.05) is 133 Å². The molecular formula is C42H26. The Labute approximate surface area is 245 Å². The average molecular weight is 531 g/mol. The lowest BCUT2D eigenvalue weighted by Gasteiger charge is -2.12. The van der Waals surface area contributed by atoms with Gasteiger partial charge >= 0.3 is 0 Å². The number of fused-ring (bicyclic) bond motifs is 4. The summed E-state index contributed by atoms with van der Waals surface area (Å²) in [6.45, 7) is 0. The lowest BCUT2D eigenvalue weighted by molar-refractivity contribution is 1.61. The highest BCUT2D eigenvalue weighted by molar-refractivity contribution is 6.13. The summed E-state index contributed by atoms with van der Waals surface area (Å²) in [6, 6.07) is 56.5. The monoisotopic (exact) mass is 530 g/mol. The number of hydrogen-bond donors (Lipinski definition) is 0. The summed E-state index contributed by atoms with van der Waals surface area (Å²) in [5.41, 5.74) is 6.99. The average Bonchev–Trinajstić information content (AvgIpc) is 3.06. The van der Waals surface area contributed by atoms with Crippen molar-refractivity contribution in [3.05, 3.63) is 169 Å². The van der Waals surface area contributed by atoms with Gasteiger partial charge in [-0.3, -0.25) is 0 Å². The largest absolute Gasteiger partial charge is 0.0617 e. The maximum atomic E-state index is 3.38. The van der Waals surface area contributed by atoms with Gasteiger partial charge in [0.15, 0.2) is 0 Å². The second kappa shape index (κ2) is 10.1. The second-order valence-electron chi connectivity index (χ2n) is 10.8. The molecule has 0 heterocycles. The van der Waals surface area contributed by atoms with Crippen molar-refractivity contribution in [1.82, 2.24) is 0 Å². The fourth-order valence-corrected chi connectivity index (χ4v) is 6.23. The normalized spacial score (nSPS) is 11.1. The quantitative estimate of drug-likeness (QED) is 0.154. The molecule has 0 aliphatic heterocycles. The Morgan fingerprint density at radius 2 is 0.571 bits per heavy atom. The fraction of sp³-hybridized carbons (Fsp3) is 0. The van der Waals surface area contributed by atoms with E-state index in [1.165, 1.54) is 65.3 Å². The van der Waals surface area contributed by atoms with Gasteiger partial charge in [-0.25, -0.2) is 0 Å². The van der Waals surface area contributed by atoms with Crippen LogP contribution >= 0.6 is 0 Å². The van der Waals surface area contributed by atoms with E-state index in [1.54, 1.807) is 0 Å². The van der Waals surface area contributed by atoms with Gasteiger partial charge in [0, 0.05) is 11.1 Å². The summed E-state index contributed by atoms with van der Waals surface area (Å²) < 4.78 is 0. The Morgan fingerprint density at radius 1 is 0.286 bits per heavy atom. The van der Waals surface area contributed by atoms with Gasteiger partial charge in [-0.05, 0) is 102 Å². The minimum absolute atomic E-state index is 1.01. The third kappa shape index (κ3) is 4.21. The Hall–Kier alpha value is -5.64. The number of benzene rings is 8. The van der Waals surface area contributed by atoms with E-state index in [0.717, 1.165) is 11.1 Å². The Bertz CT molecular complexity index is 2050. The van der Waals surface area contributed by atoms with Crippen LogP contribution in [0.4, 0.5) is 0 Å².